The van der Waals surface area contributed by atoms with Gasteiger partial charge in [0.1, 0.15) is 17.4 Å². The summed E-state index contributed by atoms with van der Waals surface area (Å²) in [4.78, 5) is 48.5. The number of carbonyl (C=O) groups excluding carboxylic acids is 2. The van der Waals surface area contributed by atoms with Crippen LogP contribution in [0.2, 0.25) is 0 Å². The van der Waals surface area contributed by atoms with E-state index < -0.39 is 24.1 Å². The Kier molecular flexibility index (Phi) is 12.1. The number of carboxylic acids is 1. The molecule has 0 bridgehead atoms. The molecule has 0 aliphatic heterocycles. The van der Waals surface area contributed by atoms with E-state index in [4.69, 9.17) is 21.0 Å². The van der Waals surface area contributed by atoms with Gasteiger partial charge in [0.15, 0.2) is 17.6 Å². The van der Waals surface area contributed by atoms with Crippen LogP contribution in [0, 0.1) is 49.0 Å². The smallest absolute Gasteiger partial charge is 0.344 e. The normalized spacial score (nSPS) is 22.3. The molecular weight excluding hydrogens is 745 g/mol. The lowest BCUT2D eigenvalue weighted by Gasteiger charge is -2.42. The first-order chi connectivity index (χ1) is 28.2. The molecule has 2 aromatic heterocycles. The Morgan fingerprint density at radius 3 is 2.27 bits per heavy atom. The van der Waals surface area contributed by atoms with Gasteiger partial charge in [0.05, 0.1) is 12.3 Å². The van der Waals surface area contributed by atoms with Crippen LogP contribution in [0.5, 0.6) is 5.75 Å². The first-order valence-corrected chi connectivity index (χ1v) is 21.6. The molecule has 3 aliphatic carbocycles. The summed E-state index contributed by atoms with van der Waals surface area (Å²) in [7, 11) is 0. The second kappa shape index (κ2) is 17.1. The van der Waals surface area contributed by atoms with Crippen molar-refractivity contribution >= 4 is 40.7 Å². The third-order valence-corrected chi connectivity index (χ3v) is 13.6. The molecule has 4 aromatic rings. The number of rotatable bonds is 15. The molecule has 3 unspecified atom stereocenters. The number of aryl methyl sites for hydroxylation is 2. The number of benzene rings is 2. The average molecular weight is 805 g/mol. The third-order valence-electron chi connectivity index (χ3n) is 13.6. The maximum Gasteiger partial charge on any atom is 0.344 e. The molecule has 2 heterocycles. The Morgan fingerprint density at radius 2 is 1.64 bits per heavy atom. The number of anilines is 2. The van der Waals surface area contributed by atoms with Crippen molar-refractivity contribution in [2.45, 2.75) is 137 Å². The molecule has 3 atom stereocenters. The minimum Gasteiger partial charge on any atom is -0.479 e. The van der Waals surface area contributed by atoms with Crippen molar-refractivity contribution in [3.8, 4) is 17.1 Å². The van der Waals surface area contributed by atoms with E-state index in [9.17, 15) is 19.5 Å². The van der Waals surface area contributed by atoms with Gasteiger partial charge in [-0.2, -0.15) is 0 Å². The van der Waals surface area contributed by atoms with E-state index >= 15 is 0 Å². The molecule has 2 amide bonds. The molecule has 0 spiro atoms. The number of aromatic amines is 1. The molecular formula is C47H60N6O6. The van der Waals surface area contributed by atoms with Gasteiger partial charge < -0.3 is 25.2 Å². The van der Waals surface area contributed by atoms with E-state index in [1.54, 1.807) is 28.9 Å². The molecule has 12 nitrogen and oxygen atoms in total. The number of amides is 2. The first-order valence-electron chi connectivity index (χ1n) is 21.6. The van der Waals surface area contributed by atoms with Crippen LogP contribution in [0.3, 0.4) is 0 Å². The topological polar surface area (TPSA) is 151 Å². The number of aromatic nitrogens is 3. The fourth-order valence-corrected chi connectivity index (χ4v) is 9.15. The van der Waals surface area contributed by atoms with Crippen LogP contribution < -0.4 is 15.4 Å². The zero-order valence-corrected chi connectivity index (χ0v) is 35.5. The SMILES string of the molecule is [C-]#[N+]c1cn2[nH]c(-c3ccc(C)c(NC(=O)Nc4cc(C)ccc4OC(CCCCCC)C(=O)O)c3)nc2c1C(=O)OC1C(C2(C)CC2)CCC(C)CCC1C1(C)CC1. The van der Waals surface area contributed by atoms with Gasteiger partial charge in [-0.15, -0.1) is 0 Å². The molecule has 7 rings (SSSR count). The maximum absolute atomic E-state index is 14.4. The minimum absolute atomic E-state index is 0.171. The number of fused-ring (bicyclic) bond motifs is 1. The van der Waals surface area contributed by atoms with Crippen molar-refractivity contribution in [3.05, 3.63) is 70.7 Å². The minimum atomic E-state index is -1.05. The first kappa shape index (κ1) is 41.8. The van der Waals surface area contributed by atoms with Crippen molar-refractivity contribution in [2.24, 2.45) is 28.6 Å². The molecule has 12 heteroatoms. The Hall–Kier alpha value is -5.31. The molecule has 0 saturated heterocycles. The van der Waals surface area contributed by atoms with Crippen molar-refractivity contribution in [2.75, 3.05) is 10.6 Å². The van der Waals surface area contributed by atoms with Crippen molar-refractivity contribution in [1.82, 2.24) is 14.6 Å². The fourth-order valence-electron chi connectivity index (χ4n) is 9.15. The standard InChI is InChI=1S/C47H60N6O6/c1-8-9-10-11-12-38(43(54)55)58-37-20-15-29(3)25-35(37)50-45(57)49-34-26-31(17-16-30(34)4)41-51-42-39(36(48-7)27-53(42)52-41)44(56)59-40-32(46(5)21-22-46)18-13-28(2)14-19-33(40)47(6)23-24-47/h15-17,20,25-28,32-33,38,40H,8-14,18-19,21-24H2,1-6H3,(H,51,52)(H,54,55)(H2,49,50,57). The average Bonchev–Trinajstić information content (AvgIpc) is 4.03. The van der Waals surface area contributed by atoms with E-state index in [-0.39, 0.29) is 45.8 Å². The predicted molar refractivity (Wildman–Crippen MR) is 229 cm³/mol. The number of hydrogen-bond donors (Lipinski definition) is 4. The third kappa shape index (κ3) is 9.29. The van der Waals surface area contributed by atoms with Crippen molar-refractivity contribution < 1.29 is 29.0 Å². The lowest BCUT2D eigenvalue weighted by Crippen LogP contribution is -2.42. The van der Waals surface area contributed by atoms with Crippen LogP contribution >= 0.6 is 0 Å². The molecule has 314 valence electrons. The molecule has 3 fully saturated rings. The van der Waals surface area contributed by atoms with E-state index in [1.165, 1.54) is 0 Å². The number of aliphatic carboxylic acids is 1. The second-order valence-electron chi connectivity index (χ2n) is 18.3. The molecule has 3 aliphatic rings. The van der Waals surface area contributed by atoms with Gasteiger partial charge in [0.2, 0.25) is 5.69 Å². The van der Waals surface area contributed by atoms with Crippen LogP contribution in [0.4, 0.5) is 21.9 Å². The zero-order valence-electron chi connectivity index (χ0n) is 35.5. The highest BCUT2D eigenvalue weighted by Crippen LogP contribution is 2.62. The Labute approximate surface area is 347 Å². The quantitative estimate of drug-likeness (QED) is 0.0530. The number of ether oxygens (including phenoxy) is 2. The monoisotopic (exact) mass is 804 g/mol. The number of nitrogens with one attached hydrogen (secondary N) is 3. The summed E-state index contributed by atoms with van der Waals surface area (Å²) >= 11 is 0. The number of urea groups is 1. The summed E-state index contributed by atoms with van der Waals surface area (Å²) in [6, 6.07) is 10.2. The number of unbranched alkanes of at least 4 members (excludes halogenated alkanes) is 3. The molecule has 3 saturated carbocycles. The van der Waals surface area contributed by atoms with Crippen molar-refractivity contribution in [3.63, 3.8) is 0 Å². The van der Waals surface area contributed by atoms with Crippen LogP contribution in [-0.2, 0) is 9.53 Å². The lowest BCUT2D eigenvalue weighted by molar-refractivity contribution is -0.145. The second-order valence-corrected chi connectivity index (χ2v) is 18.3. The number of hydrogen-bond acceptors (Lipinski definition) is 6. The Morgan fingerprint density at radius 1 is 0.966 bits per heavy atom. The van der Waals surface area contributed by atoms with Gasteiger partial charge >= 0.3 is 18.0 Å². The molecule has 4 N–H and O–H groups in total. The van der Waals surface area contributed by atoms with E-state index in [2.05, 4.69) is 48.3 Å². The number of H-pyrrole nitrogens is 1. The van der Waals surface area contributed by atoms with E-state index in [0.29, 0.717) is 40.7 Å². The molecule has 59 heavy (non-hydrogen) atoms. The van der Waals surface area contributed by atoms with Crippen LogP contribution in [0.15, 0.2) is 42.6 Å². The summed E-state index contributed by atoms with van der Waals surface area (Å²) in [6.45, 7) is 20.9. The summed E-state index contributed by atoms with van der Waals surface area (Å²) in [6.07, 6.45) is 13.4. The summed E-state index contributed by atoms with van der Waals surface area (Å²) in [5.74, 6) is 0.400. The van der Waals surface area contributed by atoms with Crippen LogP contribution in [0.1, 0.15) is 133 Å². The zero-order chi connectivity index (χ0) is 42.1. The fraction of sp³-hybridized carbons (Fsp3) is 0.553. The number of nitrogens with zero attached hydrogens (tertiary/aromatic N) is 3. The number of carboxylic acid groups (broad SMARTS) is 1. The van der Waals surface area contributed by atoms with Gasteiger partial charge in [0, 0.05) is 29.3 Å². The summed E-state index contributed by atoms with van der Waals surface area (Å²) < 4.78 is 14.2. The highest BCUT2D eigenvalue weighted by Gasteiger charge is 2.57. The summed E-state index contributed by atoms with van der Waals surface area (Å²) in [5, 5.41) is 18.9. The summed E-state index contributed by atoms with van der Waals surface area (Å²) in [5.41, 5.74) is 4.23. The van der Waals surface area contributed by atoms with E-state index in [1.807, 2.05) is 32.0 Å². The molecule has 2 aromatic carbocycles. The van der Waals surface area contributed by atoms with Crippen LogP contribution in [0.25, 0.3) is 21.9 Å². The lowest BCUT2D eigenvalue weighted by atomic mass is 9.68. The highest BCUT2D eigenvalue weighted by atomic mass is 16.5. The predicted octanol–water partition coefficient (Wildman–Crippen LogP) is 11.5. The maximum atomic E-state index is 14.4. The Balaban J connectivity index is 1.11. The van der Waals surface area contributed by atoms with Crippen LogP contribution in [-0.4, -0.2) is 49.9 Å². The van der Waals surface area contributed by atoms with E-state index in [0.717, 1.165) is 88.2 Å². The number of carbonyl (C=O) groups is 3. The van der Waals surface area contributed by atoms with Gasteiger partial charge in [-0.1, -0.05) is 78.0 Å². The largest absolute Gasteiger partial charge is 0.479 e. The van der Waals surface area contributed by atoms with Crippen molar-refractivity contribution in [1.29, 1.82) is 0 Å². The number of esters is 1. The van der Waals surface area contributed by atoms with Gasteiger partial charge in [-0.25, -0.2) is 24.2 Å². The molecule has 0 radical (unpaired) electrons. The van der Waals surface area contributed by atoms with Gasteiger partial charge in [0.25, 0.3) is 0 Å². The van der Waals surface area contributed by atoms with Gasteiger partial charge in [-0.3, -0.25) is 9.61 Å². The highest BCUT2D eigenvalue weighted by molar-refractivity contribution is 6.03. The Bertz CT molecular complexity index is 2210. The van der Waals surface area contributed by atoms with Gasteiger partial charge in [-0.05, 0) is 111 Å².